The highest BCUT2D eigenvalue weighted by Crippen LogP contribution is 2.29. The molecular formula is C27H28Cl3N3O4S. The maximum atomic E-state index is 14.0. The second kappa shape index (κ2) is 12.8. The topological polar surface area (TPSA) is 86.8 Å². The summed E-state index contributed by atoms with van der Waals surface area (Å²) in [4.78, 5) is 28.4. The average Bonchev–Trinajstić information content (AvgIpc) is 2.86. The van der Waals surface area contributed by atoms with Gasteiger partial charge in [-0.2, -0.15) is 0 Å². The molecule has 0 aliphatic rings. The van der Waals surface area contributed by atoms with Crippen molar-refractivity contribution in [2.75, 3.05) is 24.2 Å². The number of aryl methyl sites for hydroxylation is 1. The molecular weight excluding hydrogens is 569 g/mol. The molecule has 202 valence electrons. The first-order valence-corrected chi connectivity index (χ1v) is 14.6. The van der Waals surface area contributed by atoms with Crippen LogP contribution >= 0.6 is 34.8 Å². The summed E-state index contributed by atoms with van der Waals surface area (Å²) in [5, 5.41) is 3.69. The first kappa shape index (κ1) is 29.8. The summed E-state index contributed by atoms with van der Waals surface area (Å²) in [5.74, 6) is -1.02. The number of benzene rings is 3. The number of anilines is 1. The molecule has 0 radical (unpaired) electrons. The van der Waals surface area contributed by atoms with Crippen molar-refractivity contribution in [3.8, 4) is 0 Å². The van der Waals surface area contributed by atoms with E-state index in [1.165, 1.54) is 11.9 Å². The predicted molar refractivity (Wildman–Crippen MR) is 153 cm³/mol. The SMILES string of the molecule is CNC(=O)[C@@H](Cc1ccccc1)N(Cc1c(Cl)cccc1Cl)C(=O)CN(c1ccc(Cl)cc1C)S(C)(=O)=O. The van der Waals surface area contributed by atoms with Crippen LogP contribution in [0.4, 0.5) is 5.69 Å². The molecule has 0 heterocycles. The molecule has 0 spiro atoms. The lowest BCUT2D eigenvalue weighted by Gasteiger charge is -2.34. The van der Waals surface area contributed by atoms with Crippen LogP contribution in [0.5, 0.6) is 0 Å². The minimum atomic E-state index is -3.89. The normalized spacial score (nSPS) is 12.1. The van der Waals surface area contributed by atoms with E-state index >= 15 is 0 Å². The van der Waals surface area contributed by atoms with Crippen molar-refractivity contribution < 1.29 is 18.0 Å². The first-order valence-electron chi connectivity index (χ1n) is 11.6. The monoisotopic (exact) mass is 595 g/mol. The zero-order chi connectivity index (χ0) is 28.0. The number of sulfonamides is 1. The number of hydrogen-bond acceptors (Lipinski definition) is 4. The van der Waals surface area contributed by atoms with E-state index in [0.717, 1.165) is 16.1 Å². The summed E-state index contributed by atoms with van der Waals surface area (Å²) in [6.45, 7) is 1.04. The van der Waals surface area contributed by atoms with E-state index in [2.05, 4.69) is 5.32 Å². The molecule has 0 bridgehead atoms. The fourth-order valence-electron chi connectivity index (χ4n) is 4.07. The van der Waals surface area contributed by atoms with Gasteiger partial charge in [0.1, 0.15) is 12.6 Å². The Hall–Kier alpha value is -2.78. The number of rotatable bonds is 10. The minimum absolute atomic E-state index is 0.112. The lowest BCUT2D eigenvalue weighted by Crippen LogP contribution is -2.53. The van der Waals surface area contributed by atoms with Crippen LogP contribution in [0.2, 0.25) is 15.1 Å². The number of carbonyl (C=O) groups is 2. The van der Waals surface area contributed by atoms with Crippen LogP contribution in [0.25, 0.3) is 0 Å². The highest BCUT2D eigenvalue weighted by atomic mass is 35.5. The fraction of sp³-hybridized carbons (Fsp3) is 0.259. The van der Waals surface area contributed by atoms with Crippen LogP contribution in [0.1, 0.15) is 16.7 Å². The van der Waals surface area contributed by atoms with E-state index in [1.807, 2.05) is 30.3 Å². The fourth-order valence-corrected chi connectivity index (χ4v) is 5.72. The maximum Gasteiger partial charge on any atom is 0.244 e. The summed E-state index contributed by atoms with van der Waals surface area (Å²) in [7, 11) is -2.41. The number of halogens is 3. The van der Waals surface area contributed by atoms with E-state index in [4.69, 9.17) is 34.8 Å². The molecule has 1 N–H and O–H groups in total. The Kier molecular flexibility index (Phi) is 10.1. The molecule has 0 fully saturated rings. The molecule has 0 saturated carbocycles. The molecule has 2 amide bonds. The van der Waals surface area contributed by atoms with Crippen molar-refractivity contribution >= 4 is 62.3 Å². The van der Waals surface area contributed by atoms with Crippen LogP contribution in [-0.2, 0) is 32.6 Å². The number of hydrogen-bond donors (Lipinski definition) is 1. The first-order chi connectivity index (χ1) is 17.9. The Morgan fingerprint density at radius 2 is 1.58 bits per heavy atom. The number of nitrogens with zero attached hydrogens (tertiary/aromatic N) is 2. The number of likely N-dealkylation sites (N-methyl/N-ethyl adjacent to an activating group) is 1. The van der Waals surface area contributed by atoms with Gasteiger partial charge in [0.25, 0.3) is 0 Å². The van der Waals surface area contributed by atoms with Crippen molar-refractivity contribution in [2.45, 2.75) is 25.9 Å². The smallest absolute Gasteiger partial charge is 0.244 e. The molecule has 3 rings (SSSR count). The van der Waals surface area contributed by atoms with E-state index in [-0.39, 0.29) is 13.0 Å². The molecule has 0 unspecified atom stereocenters. The van der Waals surface area contributed by atoms with Gasteiger partial charge in [-0.1, -0.05) is 71.2 Å². The quantitative estimate of drug-likeness (QED) is 0.353. The van der Waals surface area contributed by atoms with Crippen molar-refractivity contribution in [3.05, 3.63) is 98.5 Å². The molecule has 0 aliphatic carbocycles. The zero-order valence-corrected chi connectivity index (χ0v) is 24.2. The van der Waals surface area contributed by atoms with Gasteiger partial charge in [0, 0.05) is 40.6 Å². The summed E-state index contributed by atoms with van der Waals surface area (Å²) in [5.41, 5.74) is 2.14. The molecule has 7 nitrogen and oxygen atoms in total. The number of amides is 2. The second-order valence-electron chi connectivity index (χ2n) is 8.74. The molecule has 0 aliphatic heterocycles. The van der Waals surface area contributed by atoms with Crippen LogP contribution in [0.15, 0.2) is 66.7 Å². The Bertz CT molecular complexity index is 1400. The van der Waals surface area contributed by atoms with Crippen molar-refractivity contribution in [3.63, 3.8) is 0 Å². The highest BCUT2D eigenvalue weighted by molar-refractivity contribution is 7.92. The van der Waals surface area contributed by atoms with Crippen LogP contribution in [0.3, 0.4) is 0 Å². The minimum Gasteiger partial charge on any atom is -0.357 e. The standard InChI is InChI=1S/C27H28Cl3N3O4S/c1-18-14-20(28)12-13-24(18)33(38(3,36)37)17-26(34)32(16-21-22(29)10-7-11-23(21)30)25(27(35)31-2)15-19-8-5-4-6-9-19/h4-14,25H,15-17H2,1-3H3,(H,31,35)/t25-/m1/s1. The zero-order valence-electron chi connectivity index (χ0n) is 21.1. The van der Waals surface area contributed by atoms with Crippen molar-refractivity contribution in [2.24, 2.45) is 0 Å². The number of nitrogens with one attached hydrogen (secondary N) is 1. The van der Waals surface area contributed by atoms with E-state index in [9.17, 15) is 18.0 Å². The van der Waals surface area contributed by atoms with Gasteiger partial charge in [0.05, 0.1) is 11.9 Å². The molecule has 0 aromatic heterocycles. The predicted octanol–water partition coefficient (Wildman–Crippen LogP) is 5.11. The Labute approximate surface area is 238 Å². The molecule has 3 aromatic rings. The van der Waals surface area contributed by atoms with Gasteiger partial charge >= 0.3 is 0 Å². The summed E-state index contributed by atoms with van der Waals surface area (Å²) >= 11 is 18.9. The lowest BCUT2D eigenvalue weighted by molar-refractivity contribution is -0.139. The van der Waals surface area contributed by atoms with Crippen LogP contribution in [-0.4, -0.2) is 51.0 Å². The lowest BCUT2D eigenvalue weighted by atomic mass is 10.0. The maximum absolute atomic E-state index is 14.0. The van der Waals surface area contributed by atoms with Crippen LogP contribution < -0.4 is 9.62 Å². The third kappa shape index (κ3) is 7.41. The van der Waals surface area contributed by atoms with Gasteiger partial charge in [-0.3, -0.25) is 13.9 Å². The van der Waals surface area contributed by atoms with Crippen molar-refractivity contribution in [1.82, 2.24) is 10.2 Å². The summed E-state index contributed by atoms with van der Waals surface area (Å²) in [6.07, 6.45) is 1.21. The second-order valence-corrected chi connectivity index (χ2v) is 11.9. The molecule has 38 heavy (non-hydrogen) atoms. The largest absolute Gasteiger partial charge is 0.357 e. The van der Waals surface area contributed by atoms with Crippen molar-refractivity contribution in [1.29, 1.82) is 0 Å². The average molecular weight is 597 g/mol. The van der Waals surface area contributed by atoms with Gasteiger partial charge in [0.15, 0.2) is 0 Å². The molecule has 11 heteroatoms. The highest BCUT2D eigenvalue weighted by Gasteiger charge is 2.33. The summed E-state index contributed by atoms with van der Waals surface area (Å²) < 4.78 is 26.7. The van der Waals surface area contributed by atoms with Gasteiger partial charge < -0.3 is 10.2 Å². The van der Waals surface area contributed by atoms with E-state index in [0.29, 0.717) is 31.9 Å². The van der Waals surface area contributed by atoms with Gasteiger partial charge in [-0.05, 0) is 48.4 Å². The summed E-state index contributed by atoms with van der Waals surface area (Å²) in [6, 6.07) is 17.9. The van der Waals surface area contributed by atoms with Crippen LogP contribution in [0, 0.1) is 6.92 Å². The third-order valence-corrected chi connectivity index (χ3v) is 8.08. The third-order valence-electron chi connectivity index (χ3n) is 6.01. The Morgan fingerprint density at radius 1 is 0.947 bits per heavy atom. The molecule has 0 saturated heterocycles. The molecule has 1 atom stereocenters. The Morgan fingerprint density at radius 3 is 2.13 bits per heavy atom. The van der Waals surface area contributed by atoms with Gasteiger partial charge in [0.2, 0.25) is 21.8 Å². The Balaban J connectivity index is 2.09. The molecule has 3 aromatic carbocycles. The number of carbonyl (C=O) groups excluding carboxylic acids is 2. The van der Waals surface area contributed by atoms with E-state index < -0.39 is 34.4 Å². The van der Waals surface area contributed by atoms with E-state index in [1.54, 1.807) is 43.3 Å². The van der Waals surface area contributed by atoms with Gasteiger partial charge in [-0.25, -0.2) is 8.42 Å². The van der Waals surface area contributed by atoms with Gasteiger partial charge in [-0.15, -0.1) is 0 Å².